The van der Waals surface area contributed by atoms with Crippen LogP contribution in [0.1, 0.15) is 28.4 Å². The summed E-state index contributed by atoms with van der Waals surface area (Å²) in [5.74, 6) is 0.164. The van der Waals surface area contributed by atoms with Gasteiger partial charge in [0.2, 0.25) is 0 Å². The fourth-order valence-corrected chi connectivity index (χ4v) is 3.60. The molecule has 4 rings (SSSR count). The summed E-state index contributed by atoms with van der Waals surface area (Å²) in [4.78, 5) is 28.0. The number of aryl methyl sites for hydroxylation is 2. The molecule has 10 nitrogen and oxygen atoms in total. The number of carbonyl (C=O) groups excluding carboxylic acids is 1. The SMILES string of the molecule is CCOCCOc1nc(-c2ccc(C)cc2)n(-c2ccc(NC(=O)c3ccc(C)c([N+](=O)[O-])c3)cc2)n1. The minimum absolute atomic E-state index is 0.0999. The van der Waals surface area contributed by atoms with Crippen molar-refractivity contribution in [1.82, 2.24) is 14.8 Å². The van der Waals surface area contributed by atoms with E-state index in [-0.39, 0.29) is 17.3 Å². The molecule has 0 aliphatic rings. The molecule has 0 saturated carbocycles. The van der Waals surface area contributed by atoms with E-state index >= 15 is 0 Å². The van der Waals surface area contributed by atoms with Gasteiger partial charge in [0, 0.05) is 35.1 Å². The molecule has 0 saturated heterocycles. The number of carbonyl (C=O) groups is 1. The summed E-state index contributed by atoms with van der Waals surface area (Å²) in [7, 11) is 0. The predicted octanol–water partition coefficient (Wildman–Crippen LogP) is 5.13. The number of hydrogen-bond acceptors (Lipinski definition) is 7. The number of amides is 1. The number of hydrogen-bond donors (Lipinski definition) is 1. The second-order valence-electron chi connectivity index (χ2n) is 8.30. The summed E-state index contributed by atoms with van der Waals surface area (Å²) in [6.07, 6.45) is 0. The fourth-order valence-electron chi connectivity index (χ4n) is 3.60. The molecule has 4 aromatic rings. The van der Waals surface area contributed by atoms with Gasteiger partial charge in [-0.25, -0.2) is 4.68 Å². The largest absolute Gasteiger partial charge is 0.460 e. The van der Waals surface area contributed by atoms with Crippen LogP contribution < -0.4 is 10.1 Å². The minimum atomic E-state index is -0.501. The van der Waals surface area contributed by atoms with Gasteiger partial charge in [0.25, 0.3) is 11.6 Å². The van der Waals surface area contributed by atoms with E-state index in [1.165, 1.54) is 6.07 Å². The van der Waals surface area contributed by atoms with Crippen LogP contribution >= 0.6 is 0 Å². The number of aromatic nitrogens is 3. The third-order valence-electron chi connectivity index (χ3n) is 5.60. The van der Waals surface area contributed by atoms with Crippen LogP contribution in [0.25, 0.3) is 17.1 Å². The Hall–Kier alpha value is -4.57. The number of benzene rings is 3. The lowest BCUT2D eigenvalue weighted by molar-refractivity contribution is -0.385. The summed E-state index contributed by atoms with van der Waals surface area (Å²) in [5, 5.41) is 18.5. The van der Waals surface area contributed by atoms with E-state index in [1.54, 1.807) is 48.0 Å². The highest BCUT2D eigenvalue weighted by Gasteiger charge is 2.17. The van der Waals surface area contributed by atoms with E-state index in [2.05, 4.69) is 15.4 Å². The third kappa shape index (κ3) is 6.17. The van der Waals surface area contributed by atoms with Crippen LogP contribution in [0, 0.1) is 24.0 Å². The first-order valence-corrected chi connectivity index (χ1v) is 11.8. The number of nitrogens with zero attached hydrogens (tertiary/aromatic N) is 4. The molecule has 10 heteroatoms. The molecule has 0 aliphatic heterocycles. The van der Waals surface area contributed by atoms with E-state index in [1.807, 2.05) is 38.1 Å². The Kier molecular flexibility index (Phi) is 7.89. The number of nitro groups is 1. The first-order valence-electron chi connectivity index (χ1n) is 11.8. The second kappa shape index (κ2) is 11.4. The van der Waals surface area contributed by atoms with Crippen molar-refractivity contribution < 1.29 is 19.2 Å². The molecule has 37 heavy (non-hydrogen) atoms. The molecule has 0 spiro atoms. The van der Waals surface area contributed by atoms with Gasteiger partial charge < -0.3 is 14.8 Å². The van der Waals surface area contributed by atoms with Gasteiger partial charge in [-0.1, -0.05) is 35.9 Å². The highest BCUT2D eigenvalue weighted by atomic mass is 16.6. The van der Waals surface area contributed by atoms with Crippen LogP contribution in [-0.2, 0) is 4.74 Å². The zero-order valence-corrected chi connectivity index (χ0v) is 20.8. The maximum Gasteiger partial charge on any atom is 0.336 e. The predicted molar refractivity (Wildman–Crippen MR) is 139 cm³/mol. The smallest absolute Gasteiger partial charge is 0.336 e. The van der Waals surface area contributed by atoms with Gasteiger partial charge in [-0.05, 0) is 51.1 Å². The van der Waals surface area contributed by atoms with Crippen LogP contribution in [0.15, 0.2) is 66.7 Å². The maximum absolute atomic E-state index is 12.7. The van der Waals surface area contributed by atoms with Crippen LogP contribution in [0.3, 0.4) is 0 Å². The Labute approximate surface area is 214 Å². The minimum Gasteiger partial charge on any atom is -0.460 e. The van der Waals surface area contributed by atoms with Crippen LogP contribution in [0.2, 0.25) is 0 Å². The average molecular weight is 502 g/mol. The van der Waals surface area contributed by atoms with E-state index in [0.717, 1.165) is 11.1 Å². The zero-order chi connectivity index (χ0) is 26.4. The Morgan fingerprint density at radius 2 is 1.76 bits per heavy atom. The number of ether oxygens (including phenoxy) is 2. The van der Waals surface area contributed by atoms with Crippen molar-refractivity contribution in [3.63, 3.8) is 0 Å². The molecule has 0 radical (unpaired) electrons. The van der Waals surface area contributed by atoms with Crippen LogP contribution in [0.5, 0.6) is 6.01 Å². The first kappa shape index (κ1) is 25.5. The lowest BCUT2D eigenvalue weighted by Gasteiger charge is -2.09. The van der Waals surface area contributed by atoms with Gasteiger partial charge in [0.15, 0.2) is 5.82 Å². The van der Waals surface area contributed by atoms with Crippen molar-refractivity contribution in [2.75, 3.05) is 25.1 Å². The molecule has 0 unspecified atom stereocenters. The molecule has 190 valence electrons. The summed E-state index contributed by atoms with van der Waals surface area (Å²) in [6, 6.07) is 19.6. The Balaban J connectivity index is 1.56. The quantitative estimate of drug-likeness (QED) is 0.182. The Bertz CT molecular complexity index is 1400. The molecule has 1 aromatic heterocycles. The van der Waals surface area contributed by atoms with Gasteiger partial charge >= 0.3 is 6.01 Å². The number of anilines is 1. The van der Waals surface area contributed by atoms with Gasteiger partial charge in [-0.3, -0.25) is 14.9 Å². The van der Waals surface area contributed by atoms with Crippen LogP contribution in [-0.4, -0.2) is 45.4 Å². The summed E-state index contributed by atoms with van der Waals surface area (Å²) in [6.45, 7) is 6.92. The summed E-state index contributed by atoms with van der Waals surface area (Å²) in [5.41, 5.74) is 3.83. The van der Waals surface area contributed by atoms with E-state index < -0.39 is 10.8 Å². The van der Waals surface area contributed by atoms with Crippen molar-refractivity contribution in [2.24, 2.45) is 0 Å². The topological polar surface area (TPSA) is 121 Å². The van der Waals surface area contributed by atoms with Gasteiger partial charge in [-0.15, -0.1) is 5.10 Å². The maximum atomic E-state index is 12.7. The summed E-state index contributed by atoms with van der Waals surface area (Å²) >= 11 is 0. The molecular formula is C27H27N5O5. The fraction of sp³-hybridized carbons (Fsp3) is 0.222. The molecule has 0 fully saturated rings. The van der Waals surface area contributed by atoms with E-state index in [0.29, 0.717) is 42.6 Å². The van der Waals surface area contributed by atoms with Gasteiger partial charge in [0.1, 0.15) is 6.61 Å². The Morgan fingerprint density at radius 1 is 1.03 bits per heavy atom. The van der Waals surface area contributed by atoms with Gasteiger partial charge in [-0.2, -0.15) is 4.98 Å². The standard InChI is InChI=1S/C27H27N5O5/c1-4-36-15-16-37-27-29-25(20-8-5-18(2)6-9-20)31(30-27)23-13-11-22(12-14-23)28-26(33)21-10-7-19(3)24(17-21)32(34)35/h5-14,17H,4,15-16H2,1-3H3,(H,28,33). The third-order valence-corrected chi connectivity index (χ3v) is 5.60. The molecule has 3 aromatic carbocycles. The van der Waals surface area contributed by atoms with E-state index in [4.69, 9.17) is 9.47 Å². The molecule has 0 atom stereocenters. The Morgan fingerprint density at radius 3 is 2.43 bits per heavy atom. The van der Waals surface area contributed by atoms with Crippen molar-refractivity contribution >= 4 is 17.3 Å². The number of nitrogens with one attached hydrogen (secondary N) is 1. The molecular weight excluding hydrogens is 474 g/mol. The van der Waals surface area contributed by atoms with Crippen molar-refractivity contribution in [3.8, 4) is 23.1 Å². The lowest BCUT2D eigenvalue weighted by atomic mass is 10.1. The van der Waals surface area contributed by atoms with Crippen LogP contribution in [0.4, 0.5) is 11.4 Å². The molecule has 0 aliphatic carbocycles. The van der Waals surface area contributed by atoms with Crippen molar-refractivity contribution in [2.45, 2.75) is 20.8 Å². The monoisotopic (exact) mass is 501 g/mol. The molecule has 1 heterocycles. The highest BCUT2D eigenvalue weighted by molar-refractivity contribution is 6.04. The molecule has 1 amide bonds. The second-order valence-corrected chi connectivity index (χ2v) is 8.30. The lowest BCUT2D eigenvalue weighted by Crippen LogP contribution is -2.12. The average Bonchev–Trinajstić information content (AvgIpc) is 3.31. The molecule has 0 bridgehead atoms. The van der Waals surface area contributed by atoms with Crippen molar-refractivity contribution in [3.05, 3.63) is 93.5 Å². The van der Waals surface area contributed by atoms with Crippen molar-refractivity contribution in [1.29, 1.82) is 0 Å². The summed E-state index contributed by atoms with van der Waals surface area (Å²) < 4.78 is 12.7. The first-order chi connectivity index (χ1) is 17.9. The van der Waals surface area contributed by atoms with E-state index in [9.17, 15) is 14.9 Å². The number of nitro benzene ring substituents is 1. The number of rotatable bonds is 10. The highest BCUT2D eigenvalue weighted by Crippen LogP contribution is 2.25. The normalized spacial score (nSPS) is 10.8. The van der Waals surface area contributed by atoms with Gasteiger partial charge in [0.05, 0.1) is 17.2 Å². The zero-order valence-electron chi connectivity index (χ0n) is 20.8. The molecule has 1 N–H and O–H groups in total.